The first-order chi connectivity index (χ1) is 13.3. The molecule has 0 aromatic heterocycles. The highest BCUT2D eigenvalue weighted by molar-refractivity contribution is 7.89. The number of halogens is 2. The maximum atomic E-state index is 12.7. The molecule has 1 aliphatic heterocycles. The third kappa shape index (κ3) is 4.75. The number of carbonyl (C=O) groups is 1. The van der Waals surface area contributed by atoms with Crippen LogP contribution in [0.1, 0.15) is 11.1 Å². The van der Waals surface area contributed by atoms with E-state index in [1.807, 2.05) is 6.92 Å². The number of rotatable bonds is 4. The average molecular weight is 439 g/mol. The van der Waals surface area contributed by atoms with Gasteiger partial charge in [-0.2, -0.15) is 4.31 Å². The molecule has 2 aromatic rings. The second-order valence-corrected chi connectivity index (χ2v) is 9.30. The van der Waals surface area contributed by atoms with Crippen molar-refractivity contribution in [3.05, 3.63) is 69.7 Å². The maximum Gasteiger partial charge on any atom is 0.246 e. The van der Waals surface area contributed by atoms with Crippen molar-refractivity contribution in [3.63, 3.8) is 0 Å². The molecule has 1 heterocycles. The van der Waals surface area contributed by atoms with E-state index in [-0.39, 0.29) is 23.9 Å². The Morgan fingerprint density at radius 2 is 1.61 bits per heavy atom. The van der Waals surface area contributed by atoms with Gasteiger partial charge in [0, 0.05) is 32.3 Å². The molecule has 0 atom stereocenters. The van der Waals surface area contributed by atoms with Gasteiger partial charge >= 0.3 is 0 Å². The monoisotopic (exact) mass is 438 g/mol. The molecule has 0 N–H and O–H groups in total. The third-order valence-electron chi connectivity index (χ3n) is 4.57. The van der Waals surface area contributed by atoms with Crippen LogP contribution in [0.3, 0.4) is 0 Å². The molecule has 1 saturated heterocycles. The lowest BCUT2D eigenvalue weighted by Gasteiger charge is -2.33. The number of piperazine rings is 1. The summed E-state index contributed by atoms with van der Waals surface area (Å²) in [6, 6.07) is 11.9. The molecule has 0 saturated carbocycles. The minimum Gasteiger partial charge on any atom is -0.337 e. The van der Waals surface area contributed by atoms with E-state index in [9.17, 15) is 13.2 Å². The molecular weight excluding hydrogens is 419 g/mol. The summed E-state index contributed by atoms with van der Waals surface area (Å²) in [5.41, 5.74) is 1.77. The lowest BCUT2D eigenvalue weighted by molar-refractivity contribution is -0.127. The number of aryl methyl sites for hydroxylation is 1. The second kappa shape index (κ2) is 8.66. The average Bonchev–Trinajstić information content (AvgIpc) is 2.69. The van der Waals surface area contributed by atoms with Crippen LogP contribution in [0, 0.1) is 6.92 Å². The van der Waals surface area contributed by atoms with Crippen molar-refractivity contribution in [2.45, 2.75) is 11.8 Å². The molecule has 3 rings (SSSR count). The van der Waals surface area contributed by atoms with E-state index in [4.69, 9.17) is 23.2 Å². The summed E-state index contributed by atoms with van der Waals surface area (Å²) in [7, 11) is -3.54. The number of amides is 1. The van der Waals surface area contributed by atoms with Crippen LogP contribution in [0.25, 0.3) is 6.08 Å². The Morgan fingerprint density at radius 3 is 2.21 bits per heavy atom. The fraction of sp³-hybridized carbons (Fsp3) is 0.250. The molecular formula is C20H20Cl2N2O3S. The highest BCUT2D eigenvalue weighted by atomic mass is 35.5. The van der Waals surface area contributed by atoms with Gasteiger partial charge in [0.1, 0.15) is 0 Å². The molecule has 0 unspecified atom stereocenters. The quantitative estimate of drug-likeness (QED) is 0.681. The largest absolute Gasteiger partial charge is 0.337 e. The summed E-state index contributed by atoms with van der Waals surface area (Å²) in [5.74, 6) is -0.168. The van der Waals surface area contributed by atoms with Crippen molar-refractivity contribution < 1.29 is 13.2 Å². The van der Waals surface area contributed by atoms with Gasteiger partial charge in [-0.05, 0) is 42.8 Å². The van der Waals surface area contributed by atoms with Crippen LogP contribution < -0.4 is 0 Å². The molecule has 0 bridgehead atoms. The molecule has 0 radical (unpaired) electrons. The minimum atomic E-state index is -3.54. The fourth-order valence-electron chi connectivity index (χ4n) is 2.90. The van der Waals surface area contributed by atoms with Gasteiger partial charge in [0.05, 0.1) is 14.9 Å². The predicted octanol–water partition coefficient (Wildman–Crippen LogP) is 3.85. The van der Waals surface area contributed by atoms with Gasteiger partial charge in [-0.1, -0.05) is 47.0 Å². The summed E-state index contributed by atoms with van der Waals surface area (Å²) >= 11 is 11.9. The van der Waals surface area contributed by atoms with Crippen molar-refractivity contribution in [2.75, 3.05) is 26.2 Å². The highest BCUT2D eigenvalue weighted by Crippen LogP contribution is 2.23. The van der Waals surface area contributed by atoms with Gasteiger partial charge in [-0.15, -0.1) is 0 Å². The van der Waals surface area contributed by atoms with Crippen molar-refractivity contribution in [1.82, 2.24) is 9.21 Å². The van der Waals surface area contributed by atoms with E-state index in [1.165, 1.54) is 10.4 Å². The third-order valence-corrected chi connectivity index (χ3v) is 7.22. The Hall–Kier alpha value is -1.86. The van der Waals surface area contributed by atoms with Crippen LogP contribution in [0.4, 0.5) is 0 Å². The van der Waals surface area contributed by atoms with E-state index >= 15 is 0 Å². The van der Waals surface area contributed by atoms with E-state index in [0.29, 0.717) is 23.1 Å². The topological polar surface area (TPSA) is 57.7 Å². The second-order valence-electron chi connectivity index (χ2n) is 6.55. The molecule has 5 nitrogen and oxygen atoms in total. The zero-order valence-electron chi connectivity index (χ0n) is 15.3. The first kappa shape index (κ1) is 20.9. The SMILES string of the molecule is Cc1ccc(S(=O)(=O)N2CCN(C(=O)/C=C/c3ccc(Cl)c(Cl)c3)CC2)cc1. The molecule has 2 aromatic carbocycles. The zero-order valence-corrected chi connectivity index (χ0v) is 17.6. The van der Waals surface area contributed by atoms with Gasteiger partial charge in [0.2, 0.25) is 15.9 Å². The summed E-state index contributed by atoms with van der Waals surface area (Å²) in [5, 5.41) is 0.877. The fourth-order valence-corrected chi connectivity index (χ4v) is 4.63. The Kier molecular flexibility index (Phi) is 6.45. The number of hydrogen-bond acceptors (Lipinski definition) is 3. The van der Waals surface area contributed by atoms with E-state index in [0.717, 1.165) is 11.1 Å². The van der Waals surface area contributed by atoms with Gasteiger partial charge in [0.25, 0.3) is 0 Å². The molecule has 1 amide bonds. The van der Waals surface area contributed by atoms with Crippen LogP contribution in [-0.4, -0.2) is 49.7 Å². The Bertz CT molecular complexity index is 997. The van der Waals surface area contributed by atoms with Crippen molar-refractivity contribution in [1.29, 1.82) is 0 Å². The summed E-state index contributed by atoms with van der Waals surface area (Å²) in [6.45, 7) is 3.13. The first-order valence-electron chi connectivity index (χ1n) is 8.76. The number of carbonyl (C=O) groups excluding carboxylic acids is 1. The summed E-state index contributed by atoms with van der Waals surface area (Å²) in [6.07, 6.45) is 3.13. The molecule has 8 heteroatoms. The van der Waals surface area contributed by atoms with Gasteiger partial charge in [-0.25, -0.2) is 8.42 Å². The number of hydrogen-bond donors (Lipinski definition) is 0. The van der Waals surface area contributed by atoms with Crippen molar-refractivity contribution in [3.8, 4) is 0 Å². The molecule has 148 valence electrons. The number of benzene rings is 2. The van der Waals surface area contributed by atoms with Crippen LogP contribution >= 0.6 is 23.2 Å². The Labute approximate surface area is 175 Å². The van der Waals surface area contributed by atoms with Gasteiger partial charge in [0.15, 0.2) is 0 Å². The lowest BCUT2D eigenvalue weighted by Crippen LogP contribution is -2.50. The number of nitrogens with zero attached hydrogens (tertiary/aromatic N) is 2. The number of sulfonamides is 1. The highest BCUT2D eigenvalue weighted by Gasteiger charge is 2.29. The Morgan fingerprint density at radius 1 is 0.964 bits per heavy atom. The van der Waals surface area contributed by atoms with E-state index < -0.39 is 10.0 Å². The van der Waals surface area contributed by atoms with Gasteiger partial charge < -0.3 is 4.90 Å². The molecule has 0 aliphatic carbocycles. The van der Waals surface area contributed by atoms with Crippen LogP contribution in [0.5, 0.6) is 0 Å². The smallest absolute Gasteiger partial charge is 0.246 e. The van der Waals surface area contributed by atoms with Gasteiger partial charge in [-0.3, -0.25) is 4.79 Å². The van der Waals surface area contributed by atoms with Crippen molar-refractivity contribution >= 4 is 45.2 Å². The minimum absolute atomic E-state index is 0.168. The molecule has 1 aliphatic rings. The maximum absolute atomic E-state index is 12.7. The van der Waals surface area contributed by atoms with Crippen molar-refractivity contribution in [2.24, 2.45) is 0 Å². The van der Waals surface area contributed by atoms with Crippen LogP contribution in [-0.2, 0) is 14.8 Å². The first-order valence-corrected chi connectivity index (χ1v) is 11.0. The molecule has 1 fully saturated rings. The standard InChI is InChI=1S/C20H20Cl2N2O3S/c1-15-2-6-17(7-3-15)28(26,27)24-12-10-23(11-13-24)20(25)9-5-16-4-8-18(21)19(22)14-16/h2-9,14H,10-13H2,1H3/b9-5+. The lowest BCUT2D eigenvalue weighted by atomic mass is 10.2. The van der Waals surface area contributed by atoms with Crippen LogP contribution in [0.2, 0.25) is 10.0 Å². The molecule has 28 heavy (non-hydrogen) atoms. The van der Waals surface area contributed by atoms with Crippen LogP contribution in [0.15, 0.2) is 53.4 Å². The summed E-state index contributed by atoms with van der Waals surface area (Å²) in [4.78, 5) is 14.3. The molecule has 0 spiro atoms. The van der Waals surface area contributed by atoms with E-state index in [2.05, 4.69) is 0 Å². The predicted molar refractivity (Wildman–Crippen MR) is 112 cm³/mol. The normalized spacial score (nSPS) is 15.9. The zero-order chi connectivity index (χ0) is 20.3. The van der Waals surface area contributed by atoms with E-state index in [1.54, 1.807) is 53.4 Å². The summed E-state index contributed by atoms with van der Waals surface area (Å²) < 4.78 is 26.9. The Balaban J connectivity index is 1.61.